The number of aryl methyl sites for hydroxylation is 1. The number of amides is 1. The van der Waals surface area contributed by atoms with E-state index in [0.717, 1.165) is 44.3 Å². The van der Waals surface area contributed by atoms with E-state index in [1.807, 2.05) is 17.0 Å². The molecule has 3 rings (SSSR count). The number of nitrogens with one attached hydrogen (secondary N) is 1. The molecule has 0 radical (unpaired) electrons. The number of aromatic nitrogens is 2. The first kappa shape index (κ1) is 14.8. The van der Waals surface area contributed by atoms with Gasteiger partial charge in [0.25, 0.3) is 5.91 Å². The van der Waals surface area contributed by atoms with Gasteiger partial charge in [0.1, 0.15) is 11.5 Å². The number of benzene rings is 1. The van der Waals surface area contributed by atoms with E-state index in [1.54, 1.807) is 12.3 Å². The first-order valence-electron chi connectivity index (χ1n) is 7.75. The number of aromatic amines is 1. The Hall–Kier alpha value is -2.17. The van der Waals surface area contributed by atoms with E-state index in [0.29, 0.717) is 11.6 Å². The smallest absolute Gasteiger partial charge is 0.271 e. The van der Waals surface area contributed by atoms with Crippen LogP contribution in [0.25, 0.3) is 0 Å². The van der Waals surface area contributed by atoms with Crippen LogP contribution in [0.3, 0.4) is 0 Å². The topological polar surface area (TPSA) is 49.0 Å². The summed E-state index contributed by atoms with van der Waals surface area (Å²) >= 11 is 0. The Balaban J connectivity index is 1.54. The molecule has 1 fully saturated rings. The molecule has 4 nitrogen and oxygen atoms in total. The Bertz CT molecular complexity index is 609. The molecule has 1 aliphatic rings. The molecule has 0 spiro atoms. The van der Waals surface area contributed by atoms with Crippen molar-refractivity contribution in [2.45, 2.75) is 25.7 Å². The molecule has 1 atom stereocenters. The molecule has 1 aliphatic heterocycles. The molecule has 2 heterocycles. The molecule has 1 N–H and O–H groups in total. The lowest BCUT2D eigenvalue weighted by Crippen LogP contribution is -2.40. The van der Waals surface area contributed by atoms with Crippen molar-refractivity contribution in [3.8, 4) is 0 Å². The predicted octanol–water partition coefficient (Wildman–Crippen LogP) is 3.03. The minimum Gasteiger partial charge on any atom is -0.337 e. The molecule has 116 valence electrons. The maximum Gasteiger partial charge on any atom is 0.271 e. The molecular formula is C17H20FN3O. The van der Waals surface area contributed by atoms with Gasteiger partial charge in [0.2, 0.25) is 0 Å². The van der Waals surface area contributed by atoms with Crippen LogP contribution in [0, 0.1) is 11.7 Å². The van der Waals surface area contributed by atoms with Gasteiger partial charge in [0, 0.05) is 19.3 Å². The van der Waals surface area contributed by atoms with Gasteiger partial charge in [-0.2, -0.15) is 5.10 Å². The van der Waals surface area contributed by atoms with E-state index in [4.69, 9.17) is 0 Å². The first-order chi connectivity index (χ1) is 10.7. The van der Waals surface area contributed by atoms with Gasteiger partial charge in [-0.3, -0.25) is 9.89 Å². The quantitative estimate of drug-likeness (QED) is 0.943. The van der Waals surface area contributed by atoms with Crippen LogP contribution < -0.4 is 0 Å². The van der Waals surface area contributed by atoms with E-state index in [-0.39, 0.29) is 11.7 Å². The van der Waals surface area contributed by atoms with E-state index < -0.39 is 0 Å². The van der Waals surface area contributed by atoms with Gasteiger partial charge in [0.15, 0.2) is 0 Å². The van der Waals surface area contributed by atoms with Crippen LogP contribution in [0.1, 0.15) is 35.3 Å². The molecule has 0 aliphatic carbocycles. The molecule has 0 unspecified atom stereocenters. The lowest BCUT2D eigenvalue weighted by atomic mass is 9.91. The summed E-state index contributed by atoms with van der Waals surface area (Å²) in [5.74, 6) is 0.340. The number of likely N-dealkylation sites (tertiary alicyclic amines) is 1. The molecule has 0 saturated carbocycles. The summed E-state index contributed by atoms with van der Waals surface area (Å²) in [4.78, 5) is 14.2. The maximum absolute atomic E-state index is 12.9. The summed E-state index contributed by atoms with van der Waals surface area (Å²) in [5, 5.41) is 6.57. The molecule has 1 aromatic carbocycles. The number of rotatable bonds is 4. The lowest BCUT2D eigenvalue weighted by molar-refractivity contribution is 0.0662. The first-order valence-corrected chi connectivity index (χ1v) is 7.75. The van der Waals surface area contributed by atoms with Crippen molar-refractivity contribution in [1.29, 1.82) is 0 Å². The molecule has 22 heavy (non-hydrogen) atoms. The van der Waals surface area contributed by atoms with Crippen molar-refractivity contribution in [2.24, 2.45) is 5.92 Å². The van der Waals surface area contributed by atoms with Crippen molar-refractivity contribution in [3.63, 3.8) is 0 Å². The van der Waals surface area contributed by atoms with Gasteiger partial charge in [0.05, 0.1) is 0 Å². The van der Waals surface area contributed by atoms with Gasteiger partial charge in [-0.05, 0) is 55.4 Å². The highest BCUT2D eigenvalue weighted by atomic mass is 19.1. The number of nitrogens with zero attached hydrogens (tertiary/aromatic N) is 2. The fourth-order valence-corrected chi connectivity index (χ4v) is 3.05. The van der Waals surface area contributed by atoms with E-state index >= 15 is 0 Å². The zero-order chi connectivity index (χ0) is 15.4. The van der Waals surface area contributed by atoms with Gasteiger partial charge >= 0.3 is 0 Å². The van der Waals surface area contributed by atoms with Crippen molar-refractivity contribution >= 4 is 5.91 Å². The third-order valence-corrected chi connectivity index (χ3v) is 4.29. The van der Waals surface area contributed by atoms with Gasteiger partial charge in [-0.15, -0.1) is 0 Å². The average molecular weight is 301 g/mol. The zero-order valence-electron chi connectivity index (χ0n) is 12.5. The maximum atomic E-state index is 12.9. The van der Waals surface area contributed by atoms with Crippen molar-refractivity contribution in [2.75, 3.05) is 13.1 Å². The molecule has 2 aromatic rings. The fraction of sp³-hybridized carbons (Fsp3) is 0.412. The third-order valence-electron chi connectivity index (χ3n) is 4.29. The molecule has 1 aromatic heterocycles. The largest absolute Gasteiger partial charge is 0.337 e. The summed E-state index contributed by atoms with van der Waals surface area (Å²) in [7, 11) is 0. The Kier molecular flexibility index (Phi) is 4.51. The minimum atomic E-state index is -0.197. The van der Waals surface area contributed by atoms with Crippen molar-refractivity contribution in [1.82, 2.24) is 15.1 Å². The highest BCUT2D eigenvalue weighted by Crippen LogP contribution is 2.22. The van der Waals surface area contributed by atoms with Crippen LogP contribution in [-0.4, -0.2) is 34.1 Å². The number of piperidine rings is 1. The SMILES string of the molecule is O=C(c1ccn[nH]1)N1CCC[C@H](CCc2ccc(F)cc2)C1. The fourth-order valence-electron chi connectivity index (χ4n) is 3.05. The van der Waals surface area contributed by atoms with Crippen LogP contribution in [0.5, 0.6) is 0 Å². The molecule has 0 bridgehead atoms. The van der Waals surface area contributed by atoms with Crippen LogP contribution in [0.4, 0.5) is 4.39 Å². The van der Waals surface area contributed by atoms with Crippen LogP contribution in [-0.2, 0) is 6.42 Å². The Morgan fingerprint density at radius 1 is 1.32 bits per heavy atom. The Labute approximate surface area is 129 Å². The van der Waals surface area contributed by atoms with Gasteiger partial charge < -0.3 is 4.90 Å². The highest BCUT2D eigenvalue weighted by molar-refractivity contribution is 5.92. The zero-order valence-corrected chi connectivity index (χ0v) is 12.5. The Morgan fingerprint density at radius 3 is 2.86 bits per heavy atom. The number of hydrogen-bond acceptors (Lipinski definition) is 2. The highest BCUT2D eigenvalue weighted by Gasteiger charge is 2.24. The monoisotopic (exact) mass is 301 g/mol. The second-order valence-electron chi connectivity index (χ2n) is 5.89. The van der Waals surface area contributed by atoms with Crippen LogP contribution in [0.15, 0.2) is 36.5 Å². The number of H-pyrrole nitrogens is 1. The number of hydrogen-bond donors (Lipinski definition) is 1. The second kappa shape index (κ2) is 6.73. The average Bonchev–Trinajstić information content (AvgIpc) is 3.08. The standard InChI is InChI=1S/C17H20FN3O/c18-15-7-5-13(6-8-15)3-4-14-2-1-11-21(12-14)17(22)16-9-10-19-20-16/h5-10,14H,1-4,11-12H2,(H,19,20)/t14-/m1/s1. The van der Waals surface area contributed by atoms with E-state index in [2.05, 4.69) is 10.2 Å². The third kappa shape index (κ3) is 3.53. The molecule has 1 amide bonds. The molecule has 5 heteroatoms. The summed E-state index contributed by atoms with van der Waals surface area (Å²) in [5.41, 5.74) is 1.71. The summed E-state index contributed by atoms with van der Waals surface area (Å²) in [6.07, 6.45) is 5.74. The minimum absolute atomic E-state index is 0.0315. The number of halogens is 1. The van der Waals surface area contributed by atoms with Crippen molar-refractivity contribution in [3.05, 3.63) is 53.6 Å². The summed E-state index contributed by atoms with van der Waals surface area (Å²) in [6.45, 7) is 1.60. The van der Waals surface area contributed by atoms with E-state index in [1.165, 1.54) is 12.1 Å². The molecule has 1 saturated heterocycles. The predicted molar refractivity (Wildman–Crippen MR) is 81.9 cm³/mol. The van der Waals surface area contributed by atoms with Crippen LogP contribution >= 0.6 is 0 Å². The van der Waals surface area contributed by atoms with E-state index in [9.17, 15) is 9.18 Å². The number of carbonyl (C=O) groups is 1. The van der Waals surface area contributed by atoms with Gasteiger partial charge in [-0.25, -0.2) is 4.39 Å². The normalized spacial score (nSPS) is 18.4. The Morgan fingerprint density at radius 2 is 2.14 bits per heavy atom. The van der Waals surface area contributed by atoms with Crippen LogP contribution in [0.2, 0.25) is 0 Å². The number of carbonyl (C=O) groups excluding carboxylic acids is 1. The van der Waals surface area contributed by atoms with Gasteiger partial charge in [-0.1, -0.05) is 12.1 Å². The summed E-state index contributed by atoms with van der Waals surface area (Å²) < 4.78 is 12.9. The second-order valence-corrected chi connectivity index (χ2v) is 5.89. The molecular weight excluding hydrogens is 281 g/mol. The summed E-state index contributed by atoms with van der Waals surface area (Å²) in [6, 6.07) is 8.40. The lowest BCUT2D eigenvalue weighted by Gasteiger charge is -2.32. The van der Waals surface area contributed by atoms with Crippen molar-refractivity contribution < 1.29 is 9.18 Å².